The van der Waals surface area contributed by atoms with Gasteiger partial charge in [-0.1, -0.05) is 0 Å². The van der Waals surface area contributed by atoms with Crippen LogP contribution >= 0.6 is 15.9 Å². The second-order valence-corrected chi connectivity index (χ2v) is 6.60. The van der Waals surface area contributed by atoms with Crippen LogP contribution in [0.15, 0.2) is 34.8 Å². The molecule has 0 spiro atoms. The van der Waals surface area contributed by atoms with Crippen molar-refractivity contribution in [2.24, 2.45) is 5.73 Å². The molecule has 1 aliphatic rings. The maximum Gasteiger partial charge on any atom is 0.255 e. The van der Waals surface area contributed by atoms with Crippen LogP contribution in [0.25, 0.3) is 0 Å². The predicted molar refractivity (Wildman–Crippen MR) is 97.3 cm³/mol. The molecule has 3 rings (SSSR count). The van der Waals surface area contributed by atoms with E-state index in [2.05, 4.69) is 21.2 Å². The van der Waals surface area contributed by atoms with Crippen molar-refractivity contribution in [3.05, 3.63) is 45.9 Å². The fourth-order valence-electron chi connectivity index (χ4n) is 2.65. The van der Waals surface area contributed by atoms with Crippen LogP contribution < -0.4 is 42.4 Å². The van der Waals surface area contributed by atoms with Gasteiger partial charge in [-0.2, -0.15) is 0 Å². The van der Waals surface area contributed by atoms with Crippen LogP contribution in [0.4, 0.5) is 0 Å². The molecule has 2 aromatic rings. The number of halogens is 2. The van der Waals surface area contributed by atoms with E-state index in [9.17, 15) is 4.79 Å². The smallest absolute Gasteiger partial charge is 0.255 e. The minimum atomic E-state index is -0.542. The molecular weight excluding hydrogens is 440 g/mol. The van der Waals surface area contributed by atoms with Gasteiger partial charge in [-0.15, -0.1) is 0 Å². The molecule has 0 bridgehead atoms. The molecular formula is C18H20BrClN2O5. The summed E-state index contributed by atoms with van der Waals surface area (Å²) >= 11 is 3.46. The Morgan fingerprint density at radius 1 is 1.19 bits per heavy atom. The molecule has 1 heterocycles. The lowest BCUT2D eigenvalue weighted by molar-refractivity contribution is -0.686. The van der Waals surface area contributed by atoms with Gasteiger partial charge in [0.1, 0.15) is 13.1 Å². The molecule has 0 saturated heterocycles. The number of hydrogen-bond donors (Lipinski definition) is 2. The lowest BCUT2D eigenvalue weighted by Gasteiger charge is -2.13. The maximum absolute atomic E-state index is 10.9. The van der Waals surface area contributed by atoms with E-state index >= 15 is 0 Å². The second-order valence-electron chi connectivity index (χ2n) is 5.75. The molecule has 0 radical (unpaired) electrons. The number of carbonyl (C=O) groups is 1. The summed E-state index contributed by atoms with van der Waals surface area (Å²) in [5, 5.41) is 2.17. The number of ether oxygens (including phenoxy) is 4. The monoisotopic (exact) mass is 458 g/mol. The second kappa shape index (κ2) is 9.68. The minimum absolute atomic E-state index is 0. The predicted octanol–water partition coefficient (Wildman–Crippen LogP) is -1.68. The largest absolute Gasteiger partial charge is 1.00 e. The molecule has 9 heteroatoms. The standard InChI is InChI=1S/C18H19BrN2O5.ClH/c1-23-16-6-12(4-13(19)18(16)24-9-17(20)22)8-21-7-11-2-3-14-15(5-11)26-10-25-14;/h2-6,21H,7-10H2,1H3,(H2,20,22);1H. The number of benzene rings is 2. The summed E-state index contributed by atoms with van der Waals surface area (Å²) in [5.74, 6) is 2.04. The first kappa shape index (κ1) is 21.1. The minimum Gasteiger partial charge on any atom is -1.00 e. The van der Waals surface area contributed by atoms with Gasteiger partial charge in [-0.05, 0) is 46.3 Å². The number of methoxy groups -OCH3 is 1. The zero-order valence-corrected chi connectivity index (χ0v) is 17.0. The van der Waals surface area contributed by atoms with Gasteiger partial charge in [0.25, 0.3) is 5.91 Å². The maximum atomic E-state index is 10.9. The molecule has 1 aliphatic heterocycles. The average Bonchev–Trinajstić information content (AvgIpc) is 3.08. The average molecular weight is 460 g/mol. The van der Waals surface area contributed by atoms with Crippen molar-refractivity contribution in [3.8, 4) is 23.0 Å². The Kier molecular flexibility index (Phi) is 7.58. The van der Waals surface area contributed by atoms with Crippen molar-refractivity contribution in [1.29, 1.82) is 0 Å². The molecule has 7 nitrogen and oxygen atoms in total. The molecule has 0 aromatic heterocycles. The summed E-state index contributed by atoms with van der Waals surface area (Å²) < 4.78 is 22.2. The summed E-state index contributed by atoms with van der Waals surface area (Å²) in [5.41, 5.74) is 7.34. The Labute approximate surface area is 171 Å². The normalized spacial score (nSPS) is 11.6. The fraction of sp³-hybridized carbons (Fsp3) is 0.278. The van der Waals surface area contributed by atoms with Crippen LogP contribution in [0, 0.1) is 0 Å². The van der Waals surface area contributed by atoms with E-state index in [1.54, 1.807) is 7.11 Å². The molecule has 0 aliphatic carbocycles. The third-order valence-corrected chi connectivity index (χ3v) is 4.43. The van der Waals surface area contributed by atoms with Crippen molar-refractivity contribution in [2.45, 2.75) is 13.1 Å². The first-order valence-electron chi connectivity index (χ1n) is 8.04. The van der Waals surface area contributed by atoms with Gasteiger partial charge >= 0.3 is 0 Å². The van der Waals surface area contributed by atoms with E-state index in [4.69, 9.17) is 24.7 Å². The first-order valence-corrected chi connectivity index (χ1v) is 8.84. The number of hydrogen-bond acceptors (Lipinski definition) is 5. The van der Waals surface area contributed by atoms with E-state index in [0.29, 0.717) is 16.0 Å². The summed E-state index contributed by atoms with van der Waals surface area (Å²) in [7, 11) is 1.55. The molecule has 0 fully saturated rings. The topological polar surface area (TPSA) is 96.6 Å². The number of carbonyl (C=O) groups excluding carboxylic acids is 1. The van der Waals surface area contributed by atoms with Crippen LogP contribution in [0.3, 0.4) is 0 Å². The summed E-state index contributed by atoms with van der Waals surface area (Å²) in [6.07, 6.45) is 0. The molecule has 146 valence electrons. The Bertz CT molecular complexity index is 819. The van der Waals surface area contributed by atoms with Crippen molar-refractivity contribution in [3.63, 3.8) is 0 Å². The Balaban J connectivity index is 0.00000261. The molecule has 0 saturated carbocycles. The zero-order chi connectivity index (χ0) is 18.5. The van der Waals surface area contributed by atoms with Crippen molar-refractivity contribution >= 4 is 21.8 Å². The van der Waals surface area contributed by atoms with Gasteiger partial charge in [0.2, 0.25) is 6.79 Å². The number of nitrogens with two attached hydrogens (primary N) is 2. The number of amides is 1. The lowest BCUT2D eigenvalue weighted by atomic mass is 10.1. The zero-order valence-electron chi connectivity index (χ0n) is 14.7. The molecule has 4 N–H and O–H groups in total. The number of rotatable bonds is 8. The van der Waals surface area contributed by atoms with E-state index in [0.717, 1.165) is 35.7 Å². The quantitative estimate of drug-likeness (QED) is 0.491. The van der Waals surface area contributed by atoms with Gasteiger partial charge in [0, 0.05) is 11.1 Å². The lowest BCUT2D eigenvalue weighted by Crippen LogP contribution is -3.00. The van der Waals surface area contributed by atoms with Crippen LogP contribution in [0.1, 0.15) is 11.1 Å². The first-order chi connectivity index (χ1) is 12.6. The highest BCUT2D eigenvalue weighted by Crippen LogP contribution is 2.36. The van der Waals surface area contributed by atoms with E-state index in [-0.39, 0.29) is 25.8 Å². The van der Waals surface area contributed by atoms with E-state index < -0.39 is 5.91 Å². The Hall–Kier alpha value is -2.16. The van der Waals surface area contributed by atoms with Crippen LogP contribution in [-0.4, -0.2) is 26.4 Å². The molecule has 0 atom stereocenters. The van der Waals surface area contributed by atoms with Gasteiger partial charge in [0.05, 0.1) is 11.6 Å². The SMILES string of the molecule is COc1cc(C[NH2+]Cc2ccc3c(c2)OCO3)cc(Br)c1OCC(N)=O.[Cl-]. The highest BCUT2D eigenvalue weighted by atomic mass is 79.9. The third-order valence-electron chi connectivity index (χ3n) is 3.85. The van der Waals surface area contributed by atoms with Crippen LogP contribution in [-0.2, 0) is 17.9 Å². The van der Waals surface area contributed by atoms with Gasteiger partial charge in [-0.25, -0.2) is 0 Å². The summed E-state index contributed by atoms with van der Waals surface area (Å²) in [4.78, 5) is 10.9. The van der Waals surface area contributed by atoms with Crippen molar-refractivity contribution in [2.75, 3.05) is 20.5 Å². The molecule has 2 aromatic carbocycles. The highest BCUT2D eigenvalue weighted by Gasteiger charge is 2.15. The Morgan fingerprint density at radius 2 is 1.93 bits per heavy atom. The van der Waals surface area contributed by atoms with Gasteiger partial charge < -0.3 is 42.4 Å². The molecule has 1 amide bonds. The molecule has 0 unspecified atom stereocenters. The molecule has 27 heavy (non-hydrogen) atoms. The highest BCUT2D eigenvalue weighted by molar-refractivity contribution is 9.10. The van der Waals surface area contributed by atoms with Crippen LogP contribution in [0.5, 0.6) is 23.0 Å². The third kappa shape index (κ3) is 5.41. The van der Waals surface area contributed by atoms with E-state index in [1.807, 2.05) is 30.3 Å². The Morgan fingerprint density at radius 3 is 2.67 bits per heavy atom. The summed E-state index contributed by atoms with van der Waals surface area (Å²) in [6, 6.07) is 9.78. The van der Waals surface area contributed by atoms with Gasteiger partial charge in [0.15, 0.2) is 29.6 Å². The number of primary amides is 1. The van der Waals surface area contributed by atoms with E-state index in [1.165, 1.54) is 0 Å². The summed E-state index contributed by atoms with van der Waals surface area (Å²) in [6.45, 7) is 1.63. The van der Waals surface area contributed by atoms with Crippen molar-refractivity contribution < 1.29 is 41.5 Å². The number of quaternary nitrogens is 1. The van der Waals surface area contributed by atoms with Crippen LogP contribution in [0.2, 0.25) is 0 Å². The number of fused-ring (bicyclic) bond motifs is 1. The fourth-order valence-corrected chi connectivity index (χ4v) is 3.25. The van der Waals surface area contributed by atoms with Gasteiger partial charge in [-0.3, -0.25) is 4.79 Å². The van der Waals surface area contributed by atoms with Crippen molar-refractivity contribution in [1.82, 2.24) is 0 Å².